The van der Waals surface area contributed by atoms with E-state index in [1.165, 1.54) is 4.31 Å². The van der Waals surface area contributed by atoms with E-state index in [-0.39, 0.29) is 5.69 Å². The van der Waals surface area contributed by atoms with Gasteiger partial charge >= 0.3 is 10.2 Å². The Labute approximate surface area is 97.6 Å². The Balaban J connectivity index is 2.19. The van der Waals surface area contributed by atoms with Crippen molar-refractivity contribution in [3.8, 4) is 0 Å². The van der Waals surface area contributed by atoms with E-state index < -0.39 is 22.1 Å². The van der Waals surface area contributed by atoms with E-state index in [4.69, 9.17) is 0 Å². The smallest absolute Gasteiger partial charge is 0.266 e. The Kier molecular flexibility index (Phi) is 3.25. The van der Waals surface area contributed by atoms with Crippen molar-refractivity contribution in [1.29, 1.82) is 0 Å². The lowest BCUT2D eigenvalue weighted by molar-refractivity contribution is 0.480. The minimum Gasteiger partial charge on any atom is -0.266 e. The number of nitrogens with one attached hydrogen (secondary N) is 1. The molecule has 17 heavy (non-hydrogen) atoms. The van der Waals surface area contributed by atoms with Crippen molar-refractivity contribution in [1.82, 2.24) is 9.29 Å². The van der Waals surface area contributed by atoms with Crippen molar-refractivity contribution < 1.29 is 17.2 Å². The van der Waals surface area contributed by atoms with Crippen molar-refractivity contribution in [2.24, 2.45) is 0 Å². The van der Waals surface area contributed by atoms with Crippen LogP contribution in [0.1, 0.15) is 12.8 Å². The standard InChI is InChI=1S/C9H11F2N3O2S/c10-8-4-3-7(9(11)12-8)13-17(15,16)14-5-1-2-6-14/h3-4,13H,1-2,5-6H2. The molecule has 94 valence electrons. The third kappa shape index (κ3) is 2.70. The molecule has 2 heterocycles. The van der Waals surface area contributed by atoms with Crippen LogP contribution in [-0.4, -0.2) is 30.8 Å². The first kappa shape index (κ1) is 12.2. The van der Waals surface area contributed by atoms with E-state index in [9.17, 15) is 17.2 Å². The van der Waals surface area contributed by atoms with Crippen LogP contribution in [0.15, 0.2) is 12.1 Å². The Morgan fingerprint density at radius 2 is 1.88 bits per heavy atom. The number of rotatable bonds is 3. The van der Waals surface area contributed by atoms with Crippen LogP contribution in [0.25, 0.3) is 0 Å². The van der Waals surface area contributed by atoms with Crippen molar-refractivity contribution in [3.05, 3.63) is 24.0 Å². The molecule has 1 aliphatic heterocycles. The van der Waals surface area contributed by atoms with Crippen LogP contribution < -0.4 is 4.72 Å². The molecule has 0 aromatic carbocycles. The highest BCUT2D eigenvalue weighted by atomic mass is 32.2. The van der Waals surface area contributed by atoms with Gasteiger partial charge in [0.05, 0.1) is 0 Å². The van der Waals surface area contributed by atoms with Gasteiger partial charge in [-0.25, -0.2) is 0 Å². The lowest BCUT2D eigenvalue weighted by Crippen LogP contribution is -2.33. The second-order valence-corrected chi connectivity index (χ2v) is 5.36. The Hall–Kier alpha value is -1.28. The van der Waals surface area contributed by atoms with Crippen LogP contribution in [-0.2, 0) is 10.2 Å². The van der Waals surface area contributed by atoms with Crippen LogP contribution in [0, 0.1) is 11.9 Å². The third-order valence-electron chi connectivity index (χ3n) is 2.46. The topological polar surface area (TPSA) is 62.3 Å². The quantitative estimate of drug-likeness (QED) is 0.831. The summed E-state index contributed by atoms with van der Waals surface area (Å²) in [5, 5.41) is 0. The summed E-state index contributed by atoms with van der Waals surface area (Å²) in [6, 6.07) is 1.90. The second kappa shape index (κ2) is 4.53. The SMILES string of the molecule is O=S(=O)(Nc1ccc(F)nc1F)N1CCCC1. The molecule has 0 unspecified atom stereocenters. The molecule has 0 saturated carbocycles. The highest BCUT2D eigenvalue weighted by Crippen LogP contribution is 2.18. The lowest BCUT2D eigenvalue weighted by atomic mass is 10.4. The molecule has 1 aromatic heterocycles. The molecule has 0 aliphatic carbocycles. The van der Waals surface area contributed by atoms with E-state index in [1.807, 2.05) is 4.72 Å². The minimum atomic E-state index is -3.77. The summed E-state index contributed by atoms with van der Waals surface area (Å²) in [6.07, 6.45) is 1.57. The summed E-state index contributed by atoms with van der Waals surface area (Å²) in [7, 11) is -3.77. The third-order valence-corrected chi connectivity index (χ3v) is 3.98. The van der Waals surface area contributed by atoms with Gasteiger partial charge in [0.25, 0.3) is 0 Å². The summed E-state index contributed by atoms with van der Waals surface area (Å²) >= 11 is 0. The number of aromatic nitrogens is 1. The molecule has 2 rings (SSSR count). The van der Waals surface area contributed by atoms with Crippen molar-refractivity contribution >= 4 is 15.9 Å². The van der Waals surface area contributed by atoms with E-state index >= 15 is 0 Å². The average molecular weight is 263 g/mol. The maximum absolute atomic E-state index is 13.2. The van der Waals surface area contributed by atoms with Gasteiger partial charge in [0.1, 0.15) is 5.69 Å². The number of nitrogens with zero attached hydrogens (tertiary/aromatic N) is 2. The Morgan fingerprint density at radius 3 is 2.47 bits per heavy atom. The predicted octanol–water partition coefficient (Wildman–Crippen LogP) is 1.11. The molecule has 0 amide bonds. The fourth-order valence-corrected chi connectivity index (χ4v) is 2.92. The fraction of sp³-hybridized carbons (Fsp3) is 0.444. The van der Waals surface area contributed by atoms with E-state index in [0.29, 0.717) is 13.1 Å². The average Bonchev–Trinajstić information content (AvgIpc) is 2.76. The highest BCUT2D eigenvalue weighted by molar-refractivity contribution is 7.90. The molecule has 0 spiro atoms. The summed E-state index contributed by atoms with van der Waals surface area (Å²) in [6.45, 7) is 0.817. The van der Waals surface area contributed by atoms with Gasteiger partial charge in [-0.15, -0.1) is 0 Å². The Bertz CT molecular complexity index is 515. The molecule has 1 N–H and O–H groups in total. The van der Waals surface area contributed by atoms with Crippen LogP contribution in [0.2, 0.25) is 0 Å². The summed E-state index contributed by atoms with van der Waals surface area (Å²) in [5.74, 6) is -2.17. The first-order valence-corrected chi connectivity index (χ1v) is 6.53. The Morgan fingerprint density at radius 1 is 1.24 bits per heavy atom. The molecule has 1 fully saturated rings. The monoisotopic (exact) mass is 263 g/mol. The normalized spacial score (nSPS) is 17.3. The molecular weight excluding hydrogens is 252 g/mol. The number of pyridine rings is 1. The van der Waals surface area contributed by atoms with Gasteiger partial charge in [0, 0.05) is 13.1 Å². The molecule has 5 nitrogen and oxygen atoms in total. The summed E-state index contributed by atoms with van der Waals surface area (Å²) in [4.78, 5) is 2.91. The van der Waals surface area contributed by atoms with E-state index in [2.05, 4.69) is 4.98 Å². The molecule has 8 heteroatoms. The molecular formula is C9H11F2N3O2S. The second-order valence-electron chi connectivity index (χ2n) is 3.69. The molecule has 1 aliphatic rings. The minimum absolute atomic E-state index is 0.349. The zero-order chi connectivity index (χ0) is 12.5. The fourth-order valence-electron chi connectivity index (χ4n) is 1.62. The van der Waals surface area contributed by atoms with Gasteiger partial charge in [0.2, 0.25) is 11.9 Å². The zero-order valence-electron chi connectivity index (χ0n) is 8.86. The molecule has 0 atom stereocenters. The first-order valence-electron chi connectivity index (χ1n) is 5.09. The van der Waals surface area contributed by atoms with Crippen molar-refractivity contribution in [2.45, 2.75) is 12.8 Å². The maximum atomic E-state index is 13.2. The van der Waals surface area contributed by atoms with Gasteiger partial charge in [-0.3, -0.25) is 4.72 Å². The van der Waals surface area contributed by atoms with E-state index in [0.717, 1.165) is 25.0 Å². The molecule has 0 bridgehead atoms. The van der Waals surface area contributed by atoms with Crippen LogP contribution in [0.5, 0.6) is 0 Å². The number of hydrogen-bond acceptors (Lipinski definition) is 3. The van der Waals surface area contributed by atoms with Gasteiger partial charge < -0.3 is 0 Å². The molecule has 0 radical (unpaired) electrons. The summed E-state index contributed by atoms with van der Waals surface area (Å²) in [5.41, 5.74) is -0.349. The largest absolute Gasteiger partial charge is 0.301 e. The van der Waals surface area contributed by atoms with Crippen molar-refractivity contribution in [2.75, 3.05) is 17.8 Å². The van der Waals surface area contributed by atoms with E-state index in [1.54, 1.807) is 0 Å². The highest BCUT2D eigenvalue weighted by Gasteiger charge is 2.26. The van der Waals surface area contributed by atoms with Gasteiger partial charge in [0.15, 0.2) is 0 Å². The van der Waals surface area contributed by atoms with Crippen LogP contribution in [0.4, 0.5) is 14.5 Å². The molecule has 1 aromatic rings. The number of halogens is 2. The first-order chi connectivity index (χ1) is 7.99. The lowest BCUT2D eigenvalue weighted by Gasteiger charge is -2.16. The molecule has 1 saturated heterocycles. The summed E-state index contributed by atoms with van der Waals surface area (Å²) < 4.78 is 52.5. The van der Waals surface area contributed by atoms with Gasteiger partial charge in [-0.2, -0.15) is 26.5 Å². The van der Waals surface area contributed by atoms with Crippen LogP contribution >= 0.6 is 0 Å². The van der Waals surface area contributed by atoms with Gasteiger partial charge in [-0.05, 0) is 25.0 Å². The number of anilines is 1. The predicted molar refractivity (Wildman–Crippen MR) is 57.5 cm³/mol. The maximum Gasteiger partial charge on any atom is 0.301 e. The zero-order valence-corrected chi connectivity index (χ0v) is 9.67. The number of hydrogen-bond donors (Lipinski definition) is 1. The van der Waals surface area contributed by atoms with Crippen molar-refractivity contribution in [3.63, 3.8) is 0 Å². The van der Waals surface area contributed by atoms with Crippen LogP contribution in [0.3, 0.4) is 0 Å². The van der Waals surface area contributed by atoms with Gasteiger partial charge in [-0.1, -0.05) is 0 Å².